The van der Waals surface area contributed by atoms with Crippen LogP contribution in [0.5, 0.6) is 0 Å². The zero-order valence-electron chi connectivity index (χ0n) is 11.1. The number of carbonyl (C=O) groups excluding carboxylic acids is 1. The van der Waals surface area contributed by atoms with Crippen molar-refractivity contribution < 1.29 is 9.18 Å². The number of hydrogen-bond donors (Lipinski definition) is 2. The van der Waals surface area contributed by atoms with Crippen molar-refractivity contribution in [3.63, 3.8) is 0 Å². The second-order valence-corrected chi connectivity index (χ2v) is 4.64. The zero-order chi connectivity index (χ0) is 14.7. The maximum Gasteiger partial charge on any atom is 0.224 e. The van der Waals surface area contributed by atoms with Gasteiger partial charge < -0.3 is 5.32 Å². The van der Waals surface area contributed by atoms with Gasteiger partial charge in [-0.2, -0.15) is 15.4 Å². The molecule has 106 valence electrons. The Morgan fingerprint density at radius 3 is 2.86 bits per heavy atom. The lowest BCUT2D eigenvalue weighted by Crippen LogP contribution is -2.13. The van der Waals surface area contributed by atoms with Crippen LogP contribution in [0.15, 0.2) is 42.5 Å². The van der Waals surface area contributed by atoms with Crippen molar-refractivity contribution >= 4 is 22.6 Å². The van der Waals surface area contributed by atoms with E-state index in [1.165, 1.54) is 6.07 Å². The van der Waals surface area contributed by atoms with Crippen molar-refractivity contribution in [2.75, 3.05) is 5.32 Å². The van der Waals surface area contributed by atoms with Crippen molar-refractivity contribution in [2.45, 2.75) is 12.8 Å². The van der Waals surface area contributed by atoms with Gasteiger partial charge in [0.2, 0.25) is 5.91 Å². The van der Waals surface area contributed by atoms with E-state index < -0.39 is 0 Å². The summed E-state index contributed by atoms with van der Waals surface area (Å²) in [5.74, 6) is -0.474. The third kappa shape index (κ3) is 2.89. The Hall–Kier alpha value is -2.76. The molecule has 2 aromatic carbocycles. The van der Waals surface area contributed by atoms with Crippen LogP contribution in [0.1, 0.15) is 12.0 Å². The van der Waals surface area contributed by atoms with Gasteiger partial charge in [-0.05, 0) is 30.2 Å². The van der Waals surface area contributed by atoms with Crippen LogP contribution in [0, 0.1) is 5.82 Å². The van der Waals surface area contributed by atoms with Crippen LogP contribution in [-0.4, -0.2) is 21.3 Å². The normalized spacial score (nSPS) is 10.7. The van der Waals surface area contributed by atoms with Gasteiger partial charge in [0, 0.05) is 6.42 Å². The molecule has 3 rings (SSSR count). The number of H-pyrrole nitrogens is 1. The third-order valence-corrected chi connectivity index (χ3v) is 3.20. The number of amides is 1. The first kappa shape index (κ1) is 13.2. The van der Waals surface area contributed by atoms with Crippen LogP contribution in [0.4, 0.5) is 10.1 Å². The molecule has 0 spiro atoms. The first-order chi connectivity index (χ1) is 10.2. The maximum atomic E-state index is 13.5. The number of hydrogen-bond acceptors (Lipinski definition) is 3. The highest BCUT2D eigenvalue weighted by Crippen LogP contribution is 2.19. The smallest absolute Gasteiger partial charge is 0.224 e. The fourth-order valence-corrected chi connectivity index (χ4v) is 2.13. The standard InChI is InChI=1S/C15H13FN4O/c16-11-5-2-1-4-10(11)8-9-14(21)17-12-6-3-7-13-15(12)19-20-18-13/h1-7H,8-9H2,(H,17,21)(H,18,19,20). The van der Waals surface area contributed by atoms with Crippen molar-refractivity contribution in [3.05, 3.63) is 53.8 Å². The van der Waals surface area contributed by atoms with E-state index in [0.29, 0.717) is 28.7 Å². The summed E-state index contributed by atoms with van der Waals surface area (Å²) in [5.41, 5.74) is 2.42. The first-order valence-electron chi connectivity index (χ1n) is 6.57. The van der Waals surface area contributed by atoms with Crippen LogP contribution in [0.2, 0.25) is 0 Å². The van der Waals surface area contributed by atoms with Crippen LogP contribution in [0.25, 0.3) is 11.0 Å². The maximum absolute atomic E-state index is 13.5. The van der Waals surface area contributed by atoms with E-state index >= 15 is 0 Å². The SMILES string of the molecule is O=C(CCc1ccccc1F)Nc1cccc2n[nH]nc12. The molecular weight excluding hydrogens is 271 g/mol. The fourth-order valence-electron chi connectivity index (χ4n) is 2.13. The van der Waals surface area contributed by atoms with Crippen molar-refractivity contribution in [1.29, 1.82) is 0 Å². The fraction of sp³-hybridized carbons (Fsp3) is 0.133. The number of aryl methyl sites for hydroxylation is 1. The van der Waals surface area contributed by atoms with E-state index in [2.05, 4.69) is 20.7 Å². The lowest BCUT2D eigenvalue weighted by Gasteiger charge is -2.06. The summed E-state index contributed by atoms with van der Waals surface area (Å²) in [7, 11) is 0. The Bertz CT molecular complexity index is 784. The highest BCUT2D eigenvalue weighted by molar-refractivity contribution is 5.99. The van der Waals surface area contributed by atoms with Gasteiger partial charge in [0.1, 0.15) is 16.9 Å². The van der Waals surface area contributed by atoms with Gasteiger partial charge >= 0.3 is 0 Å². The number of benzene rings is 2. The van der Waals surface area contributed by atoms with E-state index in [1.54, 1.807) is 36.4 Å². The number of fused-ring (bicyclic) bond motifs is 1. The van der Waals surface area contributed by atoms with Gasteiger partial charge in [0.15, 0.2) is 0 Å². The Balaban J connectivity index is 1.67. The number of nitrogens with zero attached hydrogens (tertiary/aromatic N) is 2. The number of aromatic amines is 1. The number of para-hydroxylation sites is 1. The molecule has 0 bridgehead atoms. The second kappa shape index (κ2) is 5.70. The number of anilines is 1. The monoisotopic (exact) mass is 284 g/mol. The van der Waals surface area contributed by atoms with E-state index in [4.69, 9.17) is 0 Å². The van der Waals surface area contributed by atoms with Gasteiger partial charge in [-0.15, -0.1) is 0 Å². The van der Waals surface area contributed by atoms with Crippen molar-refractivity contribution in [1.82, 2.24) is 15.4 Å². The lowest BCUT2D eigenvalue weighted by molar-refractivity contribution is -0.116. The molecule has 0 aliphatic rings. The van der Waals surface area contributed by atoms with Crippen molar-refractivity contribution in [2.24, 2.45) is 0 Å². The molecule has 0 unspecified atom stereocenters. The van der Waals surface area contributed by atoms with Crippen molar-refractivity contribution in [3.8, 4) is 0 Å². The van der Waals surface area contributed by atoms with Gasteiger partial charge in [0.25, 0.3) is 0 Å². The Labute approximate surface area is 120 Å². The predicted octanol–water partition coefficient (Wildman–Crippen LogP) is 2.67. The molecule has 5 nitrogen and oxygen atoms in total. The molecule has 2 N–H and O–H groups in total. The number of rotatable bonds is 4. The molecule has 0 fully saturated rings. The predicted molar refractivity (Wildman–Crippen MR) is 77.2 cm³/mol. The van der Waals surface area contributed by atoms with E-state index in [1.807, 2.05) is 0 Å². The molecule has 0 aliphatic heterocycles. The van der Waals surface area contributed by atoms with Crippen LogP contribution >= 0.6 is 0 Å². The van der Waals surface area contributed by atoms with Crippen LogP contribution in [-0.2, 0) is 11.2 Å². The molecule has 3 aromatic rings. The molecule has 0 radical (unpaired) electrons. The summed E-state index contributed by atoms with van der Waals surface area (Å²) in [5, 5.41) is 13.2. The van der Waals surface area contributed by atoms with Gasteiger partial charge in [-0.3, -0.25) is 4.79 Å². The van der Waals surface area contributed by atoms with E-state index in [-0.39, 0.29) is 18.1 Å². The summed E-state index contributed by atoms with van der Waals surface area (Å²) in [6.45, 7) is 0. The molecule has 0 atom stereocenters. The highest BCUT2D eigenvalue weighted by Gasteiger charge is 2.09. The second-order valence-electron chi connectivity index (χ2n) is 4.64. The summed E-state index contributed by atoms with van der Waals surface area (Å²) >= 11 is 0. The van der Waals surface area contributed by atoms with Gasteiger partial charge in [-0.25, -0.2) is 4.39 Å². The number of carbonyl (C=O) groups is 1. The quantitative estimate of drug-likeness (QED) is 0.773. The molecule has 1 amide bonds. The summed E-state index contributed by atoms with van der Waals surface area (Å²) in [4.78, 5) is 12.0. The zero-order valence-corrected chi connectivity index (χ0v) is 11.1. The Kier molecular flexibility index (Phi) is 3.59. The van der Waals surface area contributed by atoms with Gasteiger partial charge in [0.05, 0.1) is 5.69 Å². The topological polar surface area (TPSA) is 70.7 Å². The molecule has 0 saturated heterocycles. The minimum absolute atomic E-state index is 0.186. The summed E-state index contributed by atoms with van der Waals surface area (Å²) < 4.78 is 13.5. The largest absolute Gasteiger partial charge is 0.324 e. The molecule has 1 aromatic heterocycles. The molecular formula is C15H13FN4O. The van der Waals surface area contributed by atoms with Crippen LogP contribution < -0.4 is 5.32 Å². The molecule has 21 heavy (non-hydrogen) atoms. The minimum atomic E-state index is -0.288. The van der Waals surface area contributed by atoms with Gasteiger partial charge in [-0.1, -0.05) is 24.3 Å². The molecule has 6 heteroatoms. The Morgan fingerprint density at radius 1 is 1.14 bits per heavy atom. The average molecular weight is 284 g/mol. The Morgan fingerprint density at radius 2 is 2.00 bits per heavy atom. The number of nitrogens with one attached hydrogen (secondary N) is 2. The minimum Gasteiger partial charge on any atom is -0.324 e. The molecule has 0 aliphatic carbocycles. The summed E-state index contributed by atoms with van der Waals surface area (Å²) in [6, 6.07) is 11.8. The number of halogens is 1. The van der Waals surface area contributed by atoms with Crippen LogP contribution in [0.3, 0.4) is 0 Å². The van der Waals surface area contributed by atoms with E-state index in [9.17, 15) is 9.18 Å². The first-order valence-corrected chi connectivity index (χ1v) is 6.57. The molecule has 1 heterocycles. The lowest BCUT2D eigenvalue weighted by atomic mass is 10.1. The van der Waals surface area contributed by atoms with E-state index in [0.717, 1.165) is 0 Å². The highest BCUT2D eigenvalue weighted by atomic mass is 19.1. The summed E-state index contributed by atoms with van der Waals surface area (Å²) in [6.07, 6.45) is 0.558. The molecule has 0 saturated carbocycles. The third-order valence-electron chi connectivity index (χ3n) is 3.20. The average Bonchev–Trinajstić information content (AvgIpc) is 2.96. The number of aromatic nitrogens is 3.